The van der Waals surface area contributed by atoms with Gasteiger partial charge < -0.3 is 5.32 Å². The van der Waals surface area contributed by atoms with Crippen molar-refractivity contribution in [3.05, 3.63) is 41.2 Å². The monoisotopic (exact) mass is 225 g/mol. The fourth-order valence-electron chi connectivity index (χ4n) is 1.89. The first-order chi connectivity index (χ1) is 7.33. The molecular weight excluding hydrogens is 213 g/mol. The van der Waals surface area contributed by atoms with E-state index >= 15 is 0 Å². The zero-order valence-electron chi connectivity index (χ0n) is 8.39. The van der Waals surface area contributed by atoms with Gasteiger partial charge in [0.25, 0.3) is 0 Å². The van der Waals surface area contributed by atoms with E-state index in [4.69, 9.17) is 11.6 Å². The second kappa shape index (κ2) is 4.77. The van der Waals surface area contributed by atoms with Crippen LogP contribution in [0.3, 0.4) is 0 Å². The summed E-state index contributed by atoms with van der Waals surface area (Å²) in [4.78, 5) is 0. The quantitative estimate of drug-likeness (QED) is 0.764. The number of benzene rings is 1. The highest BCUT2D eigenvalue weighted by Crippen LogP contribution is 2.27. The maximum Gasteiger partial charge on any atom is 0.131 e. The maximum absolute atomic E-state index is 13.7. The Labute approximate surface area is 93.9 Å². The molecule has 2 rings (SSSR count). The lowest BCUT2D eigenvalue weighted by atomic mass is 9.95. The molecule has 0 spiro atoms. The van der Waals surface area contributed by atoms with Gasteiger partial charge >= 0.3 is 0 Å². The number of halogens is 2. The van der Waals surface area contributed by atoms with Gasteiger partial charge in [-0.3, -0.25) is 0 Å². The fourth-order valence-corrected chi connectivity index (χ4v) is 2.11. The van der Waals surface area contributed by atoms with E-state index in [9.17, 15) is 4.39 Å². The van der Waals surface area contributed by atoms with E-state index in [2.05, 4.69) is 5.32 Å². The molecule has 0 unspecified atom stereocenters. The molecule has 0 aliphatic carbocycles. The number of hydrogen-bond donors (Lipinski definition) is 1. The predicted octanol–water partition coefficient (Wildman–Crippen LogP) is 2.94. The molecule has 15 heavy (non-hydrogen) atoms. The van der Waals surface area contributed by atoms with Crippen LogP contribution in [0.25, 0.3) is 5.57 Å². The average Bonchev–Trinajstić information content (AvgIpc) is 2.29. The normalized spacial score (nSPS) is 16.3. The predicted molar refractivity (Wildman–Crippen MR) is 61.4 cm³/mol. The highest BCUT2D eigenvalue weighted by Gasteiger charge is 2.13. The Hall–Kier alpha value is -0.860. The van der Waals surface area contributed by atoms with Crippen molar-refractivity contribution >= 4 is 17.2 Å². The van der Waals surface area contributed by atoms with Gasteiger partial charge in [0.1, 0.15) is 5.82 Å². The Bertz CT molecular complexity index is 387. The second-order valence-electron chi connectivity index (χ2n) is 3.59. The van der Waals surface area contributed by atoms with Crippen molar-refractivity contribution in [3.8, 4) is 0 Å². The molecule has 0 bridgehead atoms. The van der Waals surface area contributed by atoms with Crippen LogP contribution in [-0.4, -0.2) is 13.1 Å². The van der Waals surface area contributed by atoms with Crippen molar-refractivity contribution in [2.75, 3.05) is 13.1 Å². The van der Waals surface area contributed by atoms with Crippen LogP contribution in [0.4, 0.5) is 4.39 Å². The number of rotatable bonds is 2. The van der Waals surface area contributed by atoms with Crippen LogP contribution in [0, 0.1) is 5.82 Å². The SMILES string of the molecule is Fc1cccc(CCl)c1C1=CCNCC1. The summed E-state index contributed by atoms with van der Waals surface area (Å²) in [6, 6.07) is 5.08. The van der Waals surface area contributed by atoms with Gasteiger partial charge in [-0.1, -0.05) is 18.2 Å². The first-order valence-corrected chi connectivity index (χ1v) is 5.60. The molecule has 0 radical (unpaired) electrons. The second-order valence-corrected chi connectivity index (χ2v) is 3.86. The molecule has 1 N–H and O–H groups in total. The number of nitrogens with one attached hydrogen (secondary N) is 1. The molecule has 1 aliphatic heterocycles. The van der Waals surface area contributed by atoms with Crippen molar-refractivity contribution in [3.63, 3.8) is 0 Å². The van der Waals surface area contributed by atoms with E-state index in [0.29, 0.717) is 11.4 Å². The minimum absolute atomic E-state index is 0.165. The topological polar surface area (TPSA) is 12.0 Å². The van der Waals surface area contributed by atoms with E-state index in [0.717, 1.165) is 30.6 Å². The summed E-state index contributed by atoms with van der Waals surface area (Å²) in [5, 5.41) is 3.21. The van der Waals surface area contributed by atoms with Crippen LogP contribution in [0.2, 0.25) is 0 Å². The Morgan fingerprint density at radius 2 is 2.27 bits per heavy atom. The lowest BCUT2D eigenvalue weighted by molar-refractivity contribution is 0.619. The van der Waals surface area contributed by atoms with Crippen LogP contribution in [0.1, 0.15) is 17.5 Å². The molecular formula is C12H13ClFN. The molecule has 0 atom stereocenters. The third-order valence-corrected chi connectivity index (χ3v) is 2.92. The molecule has 1 heterocycles. The summed E-state index contributed by atoms with van der Waals surface area (Å²) in [6.07, 6.45) is 2.91. The van der Waals surface area contributed by atoms with Gasteiger partial charge in [0.15, 0.2) is 0 Å². The highest BCUT2D eigenvalue weighted by atomic mass is 35.5. The van der Waals surface area contributed by atoms with Crippen LogP contribution >= 0.6 is 11.6 Å². The third-order valence-electron chi connectivity index (χ3n) is 2.63. The van der Waals surface area contributed by atoms with Crippen LogP contribution in [0.5, 0.6) is 0 Å². The molecule has 0 fully saturated rings. The molecule has 0 amide bonds. The van der Waals surface area contributed by atoms with Crippen molar-refractivity contribution in [2.24, 2.45) is 0 Å². The Morgan fingerprint density at radius 3 is 2.93 bits per heavy atom. The van der Waals surface area contributed by atoms with E-state index < -0.39 is 0 Å². The summed E-state index contributed by atoms with van der Waals surface area (Å²) >= 11 is 5.81. The van der Waals surface area contributed by atoms with Crippen LogP contribution in [-0.2, 0) is 5.88 Å². The lowest BCUT2D eigenvalue weighted by Gasteiger charge is -2.17. The van der Waals surface area contributed by atoms with Crippen molar-refractivity contribution < 1.29 is 4.39 Å². The molecule has 0 aromatic heterocycles. The largest absolute Gasteiger partial charge is 0.313 e. The number of hydrogen-bond acceptors (Lipinski definition) is 1. The Morgan fingerprint density at radius 1 is 1.40 bits per heavy atom. The minimum Gasteiger partial charge on any atom is -0.313 e. The van der Waals surface area contributed by atoms with E-state index in [1.54, 1.807) is 6.07 Å². The first-order valence-electron chi connectivity index (χ1n) is 5.06. The Kier molecular flexibility index (Phi) is 3.39. The lowest BCUT2D eigenvalue weighted by Crippen LogP contribution is -2.20. The van der Waals surface area contributed by atoms with Crippen LogP contribution < -0.4 is 5.32 Å². The summed E-state index contributed by atoms with van der Waals surface area (Å²) in [7, 11) is 0. The molecule has 3 heteroatoms. The van der Waals surface area contributed by atoms with Gasteiger partial charge in [0.05, 0.1) is 0 Å². The molecule has 1 nitrogen and oxygen atoms in total. The molecule has 1 aromatic rings. The average molecular weight is 226 g/mol. The van der Waals surface area contributed by atoms with Gasteiger partial charge in [-0.05, 0) is 30.2 Å². The molecule has 1 aliphatic rings. The first kappa shape index (κ1) is 10.7. The van der Waals surface area contributed by atoms with Crippen molar-refractivity contribution in [1.29, 1.82) is 0 Å². The number of alkyl halides is 1. The van der Waals surface area contributed by atoms with Gasteiger partial charge in [0, 0.05) is 18.0 Å². The fraction of sp³-hybridized carbons (Fsp3) is 0.333. The summed E-state index contributed by atoms with van der Waals surface area (Å²) < 4.78 is 13.7. The standard InChI is InChI=1S/C12H13ClFN/c13-8-10-2-1-3-11(14)12(10)9-4-6-15-7-5-9/h1-4,15H,5-8H2. The van der Waals surface area contributed by atoms with Gasteiger partial charge in [-0.2, -0.15) is 0 Å². The third kappa shape index (κ3) is 2.21. The zero-order chi connectivity index (χ0) is 10.7. The molecule has 0 saturated heterocycles. The Balaban J connectivity index is 2.45. The van der Waals surface area contributed by atoms with E-state index in [-0.39, 0.29) is 5.82 Å². The van der Waals surface area contributed by atoms with Crippen LogP contribution in [0.15, 0.2) is 24.3 Å². The van der Waals surface area contributed by atoms with Gasteiger partial charge in [-0.15, -0.1) is 11.6 Å². The van der Waals surface area contributed by atoms with Crippen molar-refractivity contribution in [1.82, 2.24) is 5.32 Å². The van der Waals surface area contributed by atoms with E-state index in [1.165, 1.54) is 6.07 Å². The van der Waals surface area contributed by atoms with Gasteiger partial charge in [0.2, 0.25) is 0 Å². The van der Waals surface area contributed by atoms with Gasteiger partial charge in [-0.25, -0.2) is 4.39 Å². The molecule has 80 valence electrons. The zero-order valence-corrected chi connectivity index (χ0v) is 9.15. The minimum atomic E-state index is -0.165. The summed E-state index contributed by atoms with van der Waals surface area (Å²) in [5.41, 5.74) is 2.65. The molecule has 0 saturated carbocycles. The highest BCUT2D eigenvalue weighted by molar-refractivity contribution is 6.17. The van der Waals surface area contributed by atoms with Crippen molar-refractivity contribution in [2.45, 2.75) is 12.3 Å². The van der Waals surface area contributed by atoms with E-state index in [1.807, 2.05) is 12.1 Å². The smallest absolute Gasteiger partial charge is 0.131 e. The summed E-state index contributed by atoms with van der Waals surface area (Å²) in [5.74, 6) is 0.194. The summed E-state index contributed by atoms with van der Waals surface area (Å²) in [6.45, 7) is 1.72. The maximum atomic E-state index is 13.7. The molecule has 1 aromatic carbocycles.